The zero-order valence-electron chi connectivity index (χ0n) is 13.8. The number of ether oxygens (including phenoxy) is 2. The topological polar surface area (TPSA) is 74.5 Å². The van der Waals surface area contributed by atoms with Crippen molar-refractivity contribution >= 4 is 17.7 Å². The molecule has 1 saturated heterocycles. The molecule has 1 atom stereocenters. The molecule has 0 aliphatic carbocycles. The lowest BCUT2D eigenvalue weighted by molar-refractivity contribution is -0.0302. The lowest BCUT2D eigenvalue weighted by Crippen LogP contribution is -2.26. The fourth-order valence-electron chi connectivity index (χ4n) is 2.62. The van der Waals surface area contributed by atoms with Gasteiger partial charge in [-0.15, -0.1) is 11.8 Å². The second-order valence-electron chi connectivity index (χ2n) is 5.58. The zero-order valence-corrected chi connectivity index (χ0v) is 14.6. The Balaban J connectivity index is 1.77. The Labute approximate surface area is 145 Å². The third kappa shape index (κ3) is 3.79. The fraction of sp³-hybridized carbons (Fsp3) is 0.471. The maximum Gasteiger partial charge on any atom is 0.342 e. The average Bonchev–Trinajstić information content (AvgIpc) is 3.14. The predicted octanol–water partition coefficient (Wildman–Crippen LogP) is 3.49. The summed E-state index contributed by atoms with van der Waals surface area (Å²) in [5.41, 5.74) is 0.990. The molecule has 0 N–H and O–H groups in total. The number of carbonyl (C=O) groups is 1. The minimum Gasteiger partial charge on any atom is -0.461 e. The number of nitrogens with zero attached hydrogens (tertiary/aromatic N) is 2. The number of aryl methyl sites for hydroxylation is 1. The summed E-state index contributed by atoms with van der Waals surface area (Å²) in [7, 11) is 0. The van der Waals surface area contributed by atoms with E-state index in [0.29, 0.717) is 27.9 Å². The standard InChI is InChI=1S/C17H20N2O4S/c1-11-14(17(20)23-10-12-6-3-4-8-21-12)16(24-2)19-15(18-11)13-7-5-9-22-13/h5,7,9,12H,3-4,6,8,10H2,1-2H3. The number of hydrogen-bond donors (Lipinski definition) is 0. The lowest BCUT2D eigenvalue weighted by Gasteiger charge is -2.22. The van der Waals surface area contributed by atoms with Gasteiger partial charge in [0.25, 0.3) is 0 Å². The molecule has 128 valence electrons. The lowest BCUT2D eigenvalue weighted by atomic mass is 10.1. The van der Waals surface area contributed by atoms with Crippen LogP contribution in [-0.2, 0) is 9.47 Å². The highest BCUT2D eigenvalue weighted by atomic mass is 32.2. The van der Waals surface area contributed by atoms with Gasteiger partial charge in [-0.25, -0.2) is 14.8 Å². The van der Waals surface area contributed by atoms with Crippen LogP contribution in [0.25, 0.3) is 11.6 Å². The molecule has 0 spiro atoms. The van der Waals surface area contributed by atoms with Gasteiger partial charge < -0.3 is 13.9 Å². The minimum atomic E-state index is -0.406. The van der Waals surface area contributed by atoms with E-state index in [2.05, 4.69) is 9.97 Å². The van der Waals surface area contributed by atoms with Crippen LogP contribution in [0.4, 0.5) is 0 Å². The summed E-state index contributed by atoms with van der Waals surface area (Å²) < 4.78 is 16.4. The highest BCUT2D eigenvalue weighted by Crippen LogP contribution is 2.26. The van der Waals surface area contributed by atoms with Gasteiger partial charge >= 0.3 is 5.97 Å². The SMILES string of the molecule is CSc1nc(-c2ccco2)nc(C)c1C(=O)OCC1CCCCO1. The normalized spacial score (nSPS) is 17.7. The van der Waals surface area contributed by atoms with E-state index in [0.717, 1.165) is 25.9 Å². The van der Waals surface area contributed by atoms with E-state index in [9.17, 15) is 4.79 Å². The molecular weight excluding hydrogens is 328 g/mol. The van der Waals surface area contributed by atoms with E-state index < -0.39 is 5.97 Å². The van der Waals surface area contributed by atoms with Crippen molar-refractivity contribution in [3.8, 4) is 11.6 Å². The molecule has 1 aliphatic heterocycles. The minimum absolute atomic E-state index is 0.0101. The third-order valence-electron chi connectivity index (χ3n) is 3.87. The van der Waals surface area contributed by atoms with Crippen molar-refractivity contribution in [1.82, 2.24) is 9.97 Å². The Hall–Kier alpha value is -1.86. The Bertz CT molecular complexity index is 697. The van der Waals surface area contributed by atoms with Crippen molar-refractivity contribution in [2.75, 3.05) is 19.5 Å². The number of furan rings is 1. The van der Waals surface area contributed by atoms with Crippen molar-refractivity contribution in [1.29, 1.82) is 0 Å². The van der Waals surface area contributed by atoms with Crippen LogP contribution in [0.3, 0.4) is 0 Å². The summed E-state index contributed by atoms with van der Waals surface area (Å²) in [6.07, 6.45) is 6.54. The molecule has 0 saturated carbocycles. The van der Waals surface area contributed by atoms with Crippen LogP contribution in [0.5, 0.6) is 0 Å². The quantitative estimate of drug-likeness (QED) is 0.465. The Morgan fingerprint density at radius 2 is 2.29 bits per heavy atom. The molecule has 0 aromatic carbocycles. The molecular formula is C17H20N2O4S. The summed E-state index contributed by atoms with van der Waals surface area (Å²) >= 11 is 1.39. The molecule has 0 amide bonds. The first kappa shape index (κ1) is 17.0. The van der Waals surface area contributed by atoms with E-state index in [4.69, 9.17) is 13.9 Å². The molecule has 7 heteroatoms. The number of carbonyl (C=O) groups excluding carboxylic acids is 1. The van der Waals surface area contributed by atoms with Gasteiger partial charge in [-0.1, -0.05) is 0 Å². The van der Waals surface area contributed by atoms with Crippen molar-refractivity contribution in [2.24, 2.45) is 0 Å². The zero-order chi connectivity index (χ0) is 16.9. The van der Waals surface area contributed by atoms with Gasteiger partial charge in [0, 0.05) is 6.61 Å². The monoisotopic (exact) mass is 348 g/mol. The van der Waals surface area contributed by atoms with Gasteiger partial charge in [-0.2, -0.15) is 0 Å². The van der Waals surface area contributed by atoms with Gasteiger partial charge in [0.05, 0.1) is 18.1 Å². The van der Waals surface area contributed by atoms with Gasteiger partial charge in [-0.3, -0.25) is 0 Å². The maximum atomic E-state index is 12.5. The van der Waals surface area contributed by atoms with Gasteiger partial charge in [0.1, 0.15) is 17.2 Å². The van der Waals surface area contributed by atoms with Gasteiger partial charge in [0.15, 0.2) is 11.6 Å². The molecule has 0 bridgehead atoms. The molecule has 1 fully saturated rings. The van der Waals surface area contributed by atoms with Crippen molar-refractivity contribution < 1.29 is 18.7 Å². The second kappa shape index (κ2) is 7.81. The van der Waals surface area contributed by atoms with Gasteiger partial charge in [-0.05, 0) is 44.6 Å². The molecule has 1 aliphatic rings. The average molecular weight is 348 g/mol. The van der Waals surface area contributed by atoms with Gasteiger partial charge in [0.2, 0.25) is 0 Å². The summed E-state index contributed by atoms with van der Waals surface area (Å²) in [6.45, 7) is 2.78. The summed E-state index contributed by atoms with van der Waals surface area (Å²) in [6, 6.07) is 3.57. The number of thioether (sulfide) groups is 1. The Morgan fingerprint density at radius 3 is 2.96 bits per heavy atom. The Morgan fingerprint density at radius 1 is 1.42 bits per heavy atom. The highest BCUT2D eigenvalue weighted by Gasteiger charge is 2.23. The number of rotatable bonds is 5. The third-order valence-corrected chi connectivity index (χ3v) is 4.55. The van der Waals surface area contributed by atoms with Crippen LogP contribution in [0.2, 0.25) is 0 Å². The van der Waals surface area contributed by atoms with E-state index >= 15 is 0 Å². The first-order valence-electron chi connectivity index (χ1n) is 7.94. The van der Waals surface area contributed by atoms with E-state index in [-0.39, 0.29) is 12.7 Å². The van der Waals surface area contributed by atoms with Crippen molar-refractivity contribution in [3.05, 3.63) is 29.7 Å². The van der Waals surface area contributed by atoms with Crippen LogP contribution >= 0.6 is 11.8 Å². The molecule has 0 radical (unpaired) electrons. The van der Waals surface area contributed by atoms with Crippen molar-refractivity contribution in [2.45, 2.75) is 37.3 Å². The van der Waals surface area contributed by atoms with Crippen LogP contribution in [0.1, 0.15) is 35.3 Å². The molecule has 2 aromatic heterocycles. The molecule has 2 aromatic rings. The summed E-state index contributed by atoms with van der Waals surface area (Å²) in [5.74, 6) is 0.634. The summed E-state index contributed by atoms with van der Waals surface area (Å²) in [5, 5.41) is 0.587. The van der Waals surface area contributed by atoms with E-state index in [1.807, 2.05) is 6.26 Å². The highest BCUT2D eigenvalue weighted by molar-refractivity contribution is 7.98. The molecule has 6 nitrogen and oxygen atoms in total. The van der Waals surface area contributed by atoms with E-state index in [1.165, 1.54) is 11.8 Å². The van der Waals surface area contributed by atoms with Crippen LogP contribution in [-0.4, -0.2) is 41.5 Å². The molecule has 1 unspecified atom stereocenters. The van der Waals surface area contributed by atoms with Crippen molar-refractivity contribution in [3.63, 3.8) is 0 Å². The van der Waals surface area contributed by atoms with E-state index in [1.54, 1.807) is 25.3 Å². The smallest absolute Gasteiger partial charge is 0.342 e. The first-order valence-corrected chi connectivity index (χ1v) is 9.16. The van der Waals surface area contributed by atoms with Crippen LogP contribution in [0, 0.1) is 6.92 Å². The van der Waals surface area contributed by atoms with Crippen LogP contribution < -0.4 is 0 Å². The first-order chi connectivity index (χ1) is 11.7. The summed E-state index contributed by atoms with van der Waals surface area (Å²) in [4.78, 5) is 21.3. The molecule has 24 heavy (non-hydrogen) atoms. The maximum absolute atomic E-state index is 12.5. The molecule has 3 rings (SSSR count). The largest absolute Gasteiger partial charge is 0.461 e. The number of aromatic nitrogens is 2. The number of hydrogen-bond acceptors (Lipinski definition) is 7. The molecule has 3 heterocycles. The number of esters is 1. The fourth-order valence-corrected chi connectivity index (χ4v) is 3.24. The Kier molecular flexibility index (Phi) is 5.52. The predicted molar refractivity (Wildman–Crippen MR) is 90.1 cm³/mol. The van der Waals surface area contributed by atoms with Crippen LogP contribution in [0.15, 0.2) is 27.8 Å². The second-order valence-corrected chi connectivity index (χ2v) is 6.38.